The van der Waals surface area contributed by atoms with Crippen molar-refractivity contribution in [2.75, 3.05) is 29.9 Å². The number of aromatic amines is 1. The van der Waals surface area contributed by atoms with Crippen LogP contribution in [0.3, 0.4) is 0 Å². The Morgan fingerprint density at radius 3 is 2.77 bits per heavy atom. The van der Waals surface area contributed by atoms with E-state index >= 15 is 0 Å². The highest BCUT2D eigenvalue weighted by Crippen LogP contribution is 2.52. The summed E-state index contributed by atoms with van der Waals surface area (Å²) in [6, 6.07) is 4.15. The first-order chi connectivity index (χ1) is 14.4. The van der Waals surface area contributed by atoms with Gasteiger partial charge in [0.25, 0.3) is 0 Å². The van der Waals surface area contributed by atoms with Crippen LogP contribution in [0.2, 0.25) is 0 Å². The zero-order valence-corrected chi connectivity index (χ0v) is 16.7. The van der Waals surface area contributed by atoms with E-state index in [9.17, 15) is 13.2 Å². The van der Waals surface area contributed by atoms with Gasteiger partial charge in [0.05, 0.1) is 6.54 Å². The smallest absolute Gasteiger partial charge is 0.337 e. The van der Waals surface area contributed by atoms with Gasteiger partial charge in [0.1, 0.15) is 5.82 Å². The predicted molar refractivity (Wildman–Crippen MR) is 107 cm³/mol. The first-order valence-corrected chi connectivity index (χ1v) is 10.6. The van der Waals surface area contributed by atoms with Crippen LogP contribution >= 0.6 is 0 Å². The number of nitrogens with zero attached hydrogens (tertiary/aromatic N) is 4. The average Bonchev–Trinajstić information content (AvgIpc) is 3.43. The molecule has 0 aromatic carbocycles. The highest BCUT2D eigenvalue weighted by Gasteiger charge is 2.55. The fourth-order valence-electron chi connectivity index (χ4n) is 5.22. The molecule has 2 aliphatic carbocycles. The van der Waals surface area contributed by atoms with Gasteiger partial charge in [-0.2, -0.15) is 23.3 Å². The molecular weight excluding hydrogens is 395 g/mol. The van der Waals surface area contributed by atoms with Crippen molar-refractivity contribution in [2.45, 2.75) is 56.7 Å². The van der Waals surface area contributed by atoms with Crippen LogP contribution in [0.15, 0.2) is 18.3 Å². The molecule has 162 valence electrons. The van der Waals surface area contributed by atoms with Crippen LogP contribution in [0.1, 0.15) is 50.1 Å². The van der Waals surface area contributed by atoms with Crippen molar-refractivity contribution in [3.63, 3.8) is 0 Å². The minimum absolute atomic E-state index is 0.110. The second-order valence-corrected chi connectivity index (χ2v) is 8.97. The Balaban J connectivity index is 1.21. The molecule has 2 bridgehead atoms. The summed E-state index contributed by atoms with van der Waals surface area (Å²) < 4.78 is 37.2. The molecule has 4 heterocycles. The predicted octanol–water partition coefficient (Wildman–Crippen LogP) is 3.72. The maximum Gasteiger partial charge on any atom is 0.401 e. The van der Waals surface area contributed by atoms with Crippen molar-refractivity contribution < 1.29 is 13.2 Å². The van der Waals surface area contributed by atoms with Gasteiger partial charge in [-0.15, -0.1) is 0 Å². The van der Waals surface area contributed by atoms with Crippen LogP contribution < -0.4 is 15.5 Å². The maximum atomic E-state index is 12.4. The lowest BCUT2D eigenvalue weighted by Crippen LogP contribution is -2.44. The summed E-state index contributed by atoms with van der Waals surface area (Å²) in [5.41, 5.74) is 1.05. The van der Waals surface area contributed by atoms with Crippen molar-refractivity contribution in [1.82, 2.24) is 25.5 Å². The molecule has 2 aromatic heterocycles. The fourth-order valence-corrected chi connectivity index (χ4v) is 5.22. The van der Waals surface area contributed by atoms with Gasteiger partial charge in [-0.05, 0) is 31.7 Å². The molecule has 0 spiro atoms. The zero-order valence-electron chi connectivity index (χ0n) is 16.7. The molecule has 30 heavy (non-hydrogen) atoms. The van der Waals surface area contributed by atoms with Gasteiger partial charge in [-0.1, -0.05) is 12.8 Å². The Morgan fingerprint density at radius 1 is 1.20 bits per heavy atom. The van der Waals surface area contributed by atoms with Gasteiger partial charge >= 0.3 is 6.18 Å². The SMILES string of the molecule is FC(F)(F)CNCC12CC(C1)N(c1nccc(Nc3cc(C4CCCC4)[nH]n3)n1)C2. The first kappa shape index (κ1) is 19.6. The van der Waals surface area contributed by atoms with E-state index in [0.29, 0.717) is 36.8 Å². The van der Waals surface area contributed by atoms with E-state index in [-0.39, 0.29) is 5.41 Å². The average molecular weight is 421 g/mol. The summed E-state index contributed by atoms with van der Waals surface area (Å²) in [4.78, 5) is 11.2. The summed E-state index contributed by atoms with van der Waals surface area (Å²) in [6.07, 6.45) is 4.23. The summed E-state index contributed by atoms with van der Waals surface area (Å²) >= 11 is 0. The zero-order chi connectivity index (χ0) is 20.8. The summed E-state index contributed by atoms with van der Waals surface area (Å²) in [5.74, 6) is 2.58. The maximum absolute atomic E-state index is 12.4. The monoisotopic (exact) mass is 421 g/mol. The van der Waals surface area contributed by atoms with Gasteiger partial charge in [0.2, 0.25) is 5.95 Å². The normalized spacial score (nSPS) is 26.2. The second kappa shape index (κ2) is 7.40. The Kier molecular flexibility index (Phi) is 4.83. The molecule has 2 saturated carbocycles. The Bertz CT molecular complexity index is 885. The van der Waals surface area contributed by atoms with Crippen molar-refractivity contribution in [3.05, 3.63) is 24.0 Å². The van der Waals surface area contributed by atoms with E-state index in [1.807, 2.05) is 6.07 Å². The Morgan fingerprint density at radius 2 is 2.00 bits per heavy atom. The number of anilines is 3. The second-order valence-electron chi connectivity index (χ2n) is 8.97. The number of hydrogen-bond acceptors (Lipinski definition) is 6. The van der Waals surface area contributed by atoms with Crippen LogP contribution in [-0.4, -0.2) is 52.0 Å². The largest absolute Gasteiger partial charge is 0.401 e. The molecule has 4 aliphatic rings. The van der Waals surface area contributed by atoms with Crippen LogP contribution in [0, 0.1) is 5.41 Å². The topological polar surface area (TPSA) is 81.8 Å². The molecule has 0 amide bonds. The number of hydrogen-bond donors (Lipinski definition) is 3. The molecule has 0 unspecified atom stereocenters. The summed E-state index contributed by atoms with van der Waals surface area (Å²) in [6.45, 7) is 0.108. The number of aromatic nitrogens is 4. The third-order valence-corrected chi connectivity index (χ3v) is 6.66. The lowest BCUT2D eigenvalue weighted by atomic mass is 9.70. The van der Waals surface area contributed by atoms with Crippen LogP contribution in [-0.2, 0) is 0 Å². The van der Waals surface area contributed by atoms with Crippen LogP contribution in [0.4, 0.5) is 30.8 Å². The highest BCUT2D eigenvalue weighted by atomic mass is 19.4. The minimum Gasteiger partial charge on any atom is -0.337 e. The number of nitrogens with one attached hydrogen (secondary N) is 3. The third kappa shape index (κ3) is 3.97. The molecule has 7 nitrogen and oxygen atoms in total. The summed E-state index contributed by atoms with van der Waals surface area (Å²) in [7, 11) is 0. The van der Waals surface area contributed by atoms with Crippen molar-refractivity contribution in [3.8, 4) is 0 Å². The number of H-pyrrole nitrogens is 1. The van der Waals surface area contributed by atoms with Gasteiger partial charge in [-0.25, -0.2) is 4.98 Å². The molecule has 0 radical (unpaired) electrons. The van der Waals surface area contributed by atoms with E-state index in [1.54, 1.807) is 12.3 Å². The third-order valence-electron chi connectivity index (χ3n) is 6.66. The minimum atomic E-state index is -4.18. The Hall–Kier alpha value is -2.36. The first-order valence-electron chi connectivity index (χ1n) is 10.6. The molecule has 2 aliphatic heterocycles. The van der Waals surface area contributed by atoms with Crippen molar-refractivity contribution in [1.29, 1.82) is 0 Å². The molecule has 10 heteroatoms. The molecule has 4 fully saturated rings. The van der Waals surface area contributed by atoms with Crippen molar-refractivity contribution >= 4 is 17.6 Å². The molecule has 2 aromatic rings. The molecular formula is C20H26F3N7. The molecule has 6 rings (SSSR count). The van der Waals surface area contributed by atoms with E-state index in [0.717, 1.165) is 24.4 Å². The van der Waals surface area contributed by atoms with Crippen LogP contribution in [0.5, 0.6) is 0 Å². The van der Waals surface area contributed by atoms with E-state index in [1.165, 1.54) is 25.7 Å². The quantitative estimate of drug-likeness (QED) is 0.632. The molecule has 0 atom stereocenters. The van der Waals surface area contributed by atoms with Crippen LogP contribution in [0.25, 0.3) is 0 Å². The highest BCUT2D eigenvalue weighted by molar-refractivity contribution is 5.54. The number of halogens is 3. The van der Waals surface area contributed by atoms with E-state index in [4.69, 9.17) is 0 Å². The number of alkyl halides is 3. The van der Waals surface area contributed by atoms with Gasteiger partial charge in [0, 0.05) is 48.4 Å². The lowest BCUT2D eigenvalue weighted by molar-refractivity contribution is -0.125. The fraction of sp³-hybridized carbons (Fsp3) is 0.650. The van der Waals surface area contributed by atoms with Gasteiger partial charge in [-0.3, -0.25) is 5.10 Å². The number of fused-ring (bicyclic) bond motifs is 1. The molecule has 2 saturated heterocycles. The van der Waals surface area contributed by atoms with Gasteiger partial charge < -0.3 is 15.5 Å². The van der Waals surface area contributed by atoms with E-state index in [2.05, 4.69) is 35.7 Å². The lowest BCUT2D eigenvalue weighted by Gasteiger charge is -2.37. The van der Waals surface area contributed by atoms with E-state index < -0.39 is 12.7 Å². The number of rotatable bonds is 7. The standard InChI is InChI=1S/C20H26F3N7/c21-20(22,23)11-24-10-19-8-14(9-19)30(12-19)18-25-6-5-16(27-18)26-17-7-15(28-29-17)13-3-1-2-4-13/h5-7,13-14,24H,1-4,8-12H2,(H2,25,26,27,28,29). The summed E-state index contributed by atoms with van der Waals surface area (Å²) in [5, 5.41) is 13.3. The molecule has 3 N–H and O–H groups in total. The Labute approximate surface area is 172 Å². The van der Waals surface area contributed by atoms with Crippen molar-refractivity contribution in [2.24, 2.45) is 5.41 Å². The van der Waals surface area contributed by atoms with Gasteiger partial charge in [0.15, 0.2) is 5.82 Å².